The predicted octanol–water partition coefficient (Wildman–Crippen LogP) is 0.654. The summed E-state index contributed by atoms with van der Waals surface area (Å²) in [4.78, 5) is 30.3. The van der Waals surface area contributed by atoms with E-state index in [2.05, 4.69) is 46.3 Å². The summed E-state index contributed by atoms with van der Waals surface area (Å²) in [5.74, 6) is 0. The molecule has 10 nitrogen and oxygen atoms in total. The van der Waals surface area contributed by atoms with Crippen LogP contribution in [-0.2, 0) is 14.1 Å². The maximum Gasteiger partial charge on any atom is 0.290 e. The van der Waals surface area contributed by atoms with Crippen molar-refractivity contribution in [1.82, 2.24) is 39.5 Å². The smallest absolute Gasteiger partial charge is 0.290 e. The Labute approximate surface area is 152 Å². The first-order valence-corrected chi connectivity index (χ1v) is 7.18. The summed E-state index contributed by atoms with van der Waals surface area (Å²) in [6, 6.07) is 0. The Hall–Kier alpha value is -2.34. The summed E-state index contributed by atoms with van der Waals surface area (Å²) >= 11 is 3.21. The number of aromatic amines is 2. The Morgan fingerprint density at radius 3 is 2.17 bits per heavy atom. The van der Waals surface area contributed by atoms with Crippen LogP contribution in [0.1, 0.15) is 0 Å². The number of hydrogen-bond acceptors (Lipinski definition) is 6. The molecule has 4 aromatic rings. The van der Waals surface area contributed by atoms with Gasteiger partial charge in [0.15, 0.2) is 4.73 Å². The number of H-pyrrole nitrogens is 2. The number of nitrogens with one attached hydrogen (secondary N) is 2. The molecule has 0 amide bonds. The lowest BCUT2D eigenvalue weighted by atomic mass is 10.5. The van der Waals surface area contributed by atoms with Gasteiger partial charge in [0.1, 0.15) is 22.1 Å². The second-order valence-corrected chi connectivity index (χ2v) is 5.37. The molecule has 0 spiro atoms. The molecular formula is C12H12Br2N8O2. The third-order valence-electron chi connectivity index (χ3n) is 3.17. The molecule has 0 aliphatic heterocycles. The number of aromatic nitrogens is 8. The standard InChI is InChI=1S/C6H5BrN4O.C6H6N4O.BrH/c1-11-4-3(9-6(11)7)2-8-10-5(4)12;1-10-3-7-4-2-8-9-6(11)5(4)10;/h2H,1H3,(H,10,12);2-3H,1H3,(H,9,11);1H. The lowest BCUT2D eigenvalue weighted by Crippen LogP contribution is -2.10. The van der Waals surface area contributed by atoms with Gasteiger partial charge < -0.3 is 9.13 Å². The first-order chi connectivity index (χ1) is 11.0. The highest BCUT2D eigenvalue weighted by Crippen LogP contribution is 2.13. The van der Waals surface area contributed by atoms with E-state index in [4.69, 9.17) is 0 Å². The highest BCUT2D eigenvalue weighted by molar-refractivity contribution is 9.10. The molecule has 0 bridgehead atoms. The number of nitrogens with zero attached hydrogens (tertiary/aromatic N) is 6. The first kappa shape index (κ1) is 18.0. The van der Waals surface area contributed by atoms with Gasteiger partial charge in [0.25, 0.3) is 11.1 Å². The topological polar surface area (TPSA) is 127 Å². The molecule has 4 rings (SSSR count). The molecule has 0 fully saturated rings. The zero-order valence-electron chi connectivity index (χ0n) is 12.5. The molecule has 0 atom stereocenters. The van der Waals surface area contributed by atoms with E-state index in [1.54, 1.807) is 29.6 Å². The monoisotopic (exact) mass is 458 g/mol. The van der Waals surface area contributed by atoms with Crippen LogP contribution in [0.5, 0.6) is 0 Å². The minimum atomic E-state index is -0.229. The van der Waals surface area contributed by atoms with Crippen LogP contribution in [-0.4, -0.2) is 39.5 Å². The average Bonchev–Trinajstić information content (AvgIpc) is 3.03. The Bertz CT molecular complexity index is 1110. The first-order valence-electron chi connectivity index (χ1n) is 6.39. The second-order valence-electron chi connectivity index (χ2n) is 4.66. The number of fused-ring (bicyclic) bond motifs is 2. The van der Waals surface area contributed by atoms with Crippen LogP contribution in [0.3, 0.4) is 0 Å². The minimum absolute atomic E-state index is 0. The largest absolute Gasteiger partial charge is 0.329 e. The highest BCUT2D eigenvalue weighted by atomic mass is 79.9. The molecule has 4 heterocycles. The van der Waals surface area contributed by atoms with Crippen molar-refractivity contribution in [3.63, 3.8) is 0 Å². The van der Waals surface area contributed by atoms with Gasteiger partial charge in [-0.3, -0.25) is 9.59 Å². The van der Waals surface area contributed by atoms with Crippen molar-refractivity contribution in [3.05, 3.63) is 44.2 Å². The second kappa shape index (κ2) is 7.05. The van der Waals surface area contributed by atoms with Gasteiger partial charge in [-0.2, -0.15) is 10.2 Å². The fourth-order valence-corrected chi connectivity index (χ4v) is 2.45. The molecule has 0 aromatic carbocycles. The summed E-state index contributed by atoms with van der Waals surface area (Å²) in [5, 5.41) is 11.9. The van der Waals surface area contributed by atoms with Crippen molar-refractivity contribution < 1.29 is 0 Å². The molecule has 0 aliphatic rings. The minimum Gasteiger partial charge on any atom is -0.329 e. The quantitative estimate of drug-likeness (QED) is 0.397. The van der Waals surface area contributed by atoms with E-state index >= 15 is 0 Å². The van der Waals surface area contributed by atoms with Gasteiger partial charge in [-0.05, 0) is 15.9 Å². The number of imidazole rings is 2. The molecule has 0 aliphatic carbocycles. The number of hydrogen-bond donors (Lipinski definition) is 2. The molecule has 2 N–H and O–H groups in total. The normalized spacial score (nSPS) is 10.3. The Morgan fingerprint density at radius 1 is 1.00 bits per heavy atom. The van der Waals surface area contributed by atoms with Gasteiger partial charge in [0, 0.05) is 14.1 Å². The van der Waals surface area contributed by atoms with E-state index in [9.17, 15) is 9.59 Å². The van der Waals surface area contributed by atoms with Crippen LogP contribution in [0.4, 0.5) is 0 Å². The maximum atomic E-state index is 11.2. The Kier molecular flexibility index (Phi) is 5.29. The van der Waals surface area contributed by atoms with Crippen molar-refractivity contribution in [2.45, 2.75) is 0 Å². The van der Waals surface area contributed by atoms with Crippen molar-refractivity contribution in [3.8, 4) is 0 Å². The summed E-state index contributed by atoms with van der Waals surface area (Å²) in [6.45, 7) is 0. The molecule has 12 heteroatoms. The van der Waals surface area contributed by atoms with Gasteiger partial charge in [0.2, 0.25) is 0 Å². The van der Waals surface area contributed by atoms with Gasteiger partial charge in [-0.15, -0.1) is 17.0 Å². The van der Waals surface area contributed by atoms with Crippen molar-refractivity contribution in [2.75, 3.05) is 0 Å². The van der Waals surface area contributed by atoms with E-state index in [0.717, 1.165) is 0 Å². The van der Waals surface area contributed by atoms with Crippen molar-refractivity contribution in [1.29, 1.82) is 0 Å². The lowest BCUT2D eigenvalue weighted by Gasteiger charge is -1.91. The summed E-state index contributed by atoms with van der Waals surface area (Å²) in [5.41, 5.74) is 1.86. The van der Waals surface area contributed by atoms with Gasteiger partial charge in [0.05, 0.1) is 18.7 Å². The van der Waals surface area contributed by atoms with E-state index in [-0.39, 0.29) is 28.1 Å². The zero-order valence-corrected chi connectivity index (χ0v) is 15.8. The summed E-state index contributed by atoms with van der Waals surface area (Å²) in [7, 11) is 3.53. The van der Waals surface area contributed by atoms with E-state index in [1.165, 1.54) is 12.4 Å². The Balaban J connectivity index is 0.000000167. The maximum absolute atomic E-state index is 11.2. The molecule has 0 saturated carbocycles. The predicted molar refractivity (Wildman–Crippen MR) is 96.3 cm³/mol. The number of halogens is 2. The van der Waals surface area contributed by atoms with Gasteiger partial charge in [-0.25, -0.2) is 20.2 Å². The van der Waals surface area contributed by atoms with Crippen molar-refractivity contribution >= 4 is 55.0 Å². The third-order valence-corrected chi connectivity index (χ3v) is 3.88. The molecule has 24 heavy (non-hydrogen) atoms. The van der Waals surface area contributed by atoms with E-state index in [1.807, 2.05) is 0 Å². The molecule has 4 aromatic heterocycles. The average molecular weight is 460 g/mol. The van der Waals surface area contributed by atoms with Crippen LogP contribution in [0, 0.1) is 0 Å². The van der Waals surface area contributed by atoms with Crippen LogP contribution < -0.4 is 11.1 Å². The van der Waals surface area contributed by atoms with Gasteiger partial charge >= 0.3 is 0 Å². The third kappa shape index (κ3) is 3.14. The van der Waals surface area contributed by atoms with Crippen molar-refractivity contribution in [2.24, 2.45) is 14.1 Å². The van der Waals surface area contributed by atoms with Crippen LogP contribution in [0.15, 0.2) is 33.0 Å². The zero-order chi connectivity index (χ0) is 16.6. The lowest BCUT2D eigenvalue weighted by molar-refractivity contribution is 0.898. The molecule has 126 valence electrons. The summed E-state index contributed by atoms with van der Waals surface area (Å²) in [6.07, 6.45) is 4.62. The SMILES string of the molecule is Br.Cn1c(Br)nc2cn[nH]c(=O)c21.Cn1cnc2cn[nH]c(=O)c21. The number of aryl methyl sites for hydroxylation is 2. The van der Waals surface area contributed by atoms with E-state index < -0.39 is 0 Å². The highest BCUT2D eigenvalue weighted by Gasteiger charge is 2.07. The van der Waals surface area contributed by atoms with Gasteiger partial charge in [-0.1, -0.05) is 0 Å². The van der Waals surface area contributed by atoms with Crippen LogP contribution >= 0.6 is 32.9 Å². The van der Waals surface area contributed by atoms with Crippen LogP contribution in [0.2, 0.25) is 0 Å². The fourth-order valence-electron chi connectivity index (χ4n) is 2.08. The Morgan fingerprint density at radius 2 is 1.58 bits per heavy atom. The summed E-state index contributed by atoms with van der Waals surface area (Å²) < 4.78 is 3.95. The van der Waals surface area contributed by atoms with E-state index in [0.29, 0.717) is 26.8 Å². The molecular weight excluding hydrogens is 448 g/mol. The molecule has 0 unspecified atom stereocenters. The fraction of sp³-hybridized carbons (Fsp3) is 0.167. The number of rotatable bonds is 0. The molecule has 0 saturated heterocycles. The van der Waals surface area contributed by atoms with Crippen LogP contribution in [0.25, 0.3) is 22.1 Å². The molecule has 0 radical (unpaired) electrons.